The summed E-state index contributed by atoms with van der Waals surface area (Å²) in [7, 11) is 1.71. The number of allylic oxidation sites excluding steroid dienone is 1. The van der Waals surface area contributed by atoms with Crippen LogP contribution in [0.3, 0.4) is 0 Å². The van der Waals surface area contributed by atoms with Crippen LogP contribution in [-0.4, -0.2) is 46.2 Å². The Morgan fingerprint density at radius 1 is 1.35 bits per heavy atom. The standard InChI is InChI=1S/C21H32O5/c1-26-21-12-11-19(23)16(9-10-18(22)14-5-2-3-6-14)17(21)13-15(21)7-4-8-20(24)25/h7,9-10,14,16-19,22-23H,2-6,8,11-13H2,1H3,(H,24,25)/t16-,17-,18?,19-,21+/m0/s1. The fourth-order valence-corrected chi connectivity index (χ4v) is 5.27. The van der Waals surface area contributed by atoms with Gasteiger partial charge in [-0.3, -0.25) is 4.79 Å². The van der Waals surface area contributed by atoms with Crippen LogP contribution >= 0.6 is 0 Å². The van der Waals surface area contributed by atoms with Crippen LogP contribution in [0, 0.1) is 17.8 Å². The number of hydrogen-bond donors (Lipinski definition) is 3. The first-order valence-corrected chi connectivity index (χ1v) is 9.99. The molecule has 3 aliphatic rings. The van der Waals surface area contributed by atoms with Gasteiger partial charge in [-0.1, -0.05) is 31.1 Å². The van der Waals surface area contributed by atoms with Crippen LogP contribution in [0.1, 0.15) is 57.8 Å². The van der Waals surface area contributed by atoms with Crippen LogP contribution in [0.4, 0.5) is 0 Å². The lowest BCUT2D eigenvalue weighted by molar-refractivity contribution is -0.141. The van der Waals surface area contributed by atoms with Gasteiger partial charge < -0.3 is 20.1 Å². The highest BCUT2D eigenvalue weighted by molar-refractivity contribution is 5.66. The molecule has 146 valence electrons. The van der Waals surface area contributed by atoms with Gasteiger partial charge in [0.15, 0.2) is 0 Å². The fourth-order valence-electron chi connectivity index (χ4n) is 5.27. The molecule has 26 heavy (non-hydrogen) atoms. The largest absolute Gasteiger partial charge is 0.481 e. The Bertz CT molecular complexity index is 563. The third-order valence-electron chi connectivity index (χ3n) is 6.83. The van der Waals surface area contributed by atoms with Crippen LogP contribution in [-0.2, 0) is 9.53 Å². The van der Waals surface area contributed by atoms with Gasteiger partial charge in [-0.2, -0.15) is 0 Å². The van der Waals surface area contributed by atoms with Crippen molar-refractivity contribution in [3.8, 4) is 0 Å². The van der Waals surface area contributed by atoms with E-state index < -0.39 is 18.2 Å². The molecule has 3 aliphatic carbocycles. The summed E-state index contributed by atoms with van der Waals surface area (Å²) in [4.78, 5) is 10.7. The third-order valence-corrected chi connectivity index (χ3v) is 6.83. The monoisotopic (exact) mass is 364 g/mol. The van der Waals surface area contributed by atoms with E-state index >= 15 is 0 Å². The highest BCUT2D eigenvalue weighted by Gasteiger charge is 2.57. The molecule has 0 aromatic heterocycles. The lowest BCUT2D eigenvalue weighted by Gasteiger charge is -2.58. The molecule has 0 aliphatic heterocycles. The smallest absolute Gasteiger partial charge is 0.303 e. The van der Waals surface area contributed by atoms with Crippen molar-refractivity contribution in [2.45, 2.75) is 75.6 Å². The van der Waals surface area contributed by atoms with E-state index in [0.29, 0.717) is 18.8 Å². The molecule has 3 rings (SSSR count). The summed E-state index contributed by atoms with van der Waals surface area (Å²) >= 11 is 0. The number of rotatable bonds is 7. The topological polar surface area (TPSA) is 87.0 Å². The molecule has 0 heterocycles. The van der Waals surface area contributed by atoms with Gasteiger partial charge in [0, 0.05) is 25.4 Å². The summed E-state index contributed by atoms with van der Waals surface area (Å²) in [5.74, 6) is -0.257. The molecule has 0 aromatic carbocycles. The van der Waals surface area contributed by atoms with E-state index in [1.807, 2.05) is 18.2 Å². The number of hydrogen-bond acceptors (Lipinski definition) is 4. The zero-order chi connectivity index (χ0) is 18.7. The van der Waals surface area contributed by atoms with Crippen LogP contribution < -0.4 is 0 Å². The molecule has 3 saturated carbocycles. The van der Waals surface area contributed by atoms with Gasteiger partial charge in [0.2, 0.25) is 0 Å². The predicted octanol–water partition coefficient (Wildman–Crippen LogP) is 3.06. The second-order valence-electron chi connectivity index (χ2n) is 8.17. The summed E-state index contributed by atoms with van der Waals surface area (Å²) in [5.41, 5.74) is 0.804. The molecule has 0 spiro atoms. The quantitative estimate of drug-likeness (QED) is 0.605. The van der Waals surface area contributed by atoms with Crippen molar-refractivity contribution >= 4 is 5.97 Å². The minimum Gasteiger partial charge on any atom is -0.481 e. The minimum absolute atomic E-state index is 0.0172. The normalized spacial score (nSPS) is 37.7. The second-order valence-corrected chi connectivity index (χ2v) is 8.17. The number of aliphatic hydroxyl groups excluding tert-OH is 2. The minimum atomic E-state index is -0.787. The van der Waals surface area contributed by atoms with Crippen LogP contribution in [0.2, 0.25) is 0 Å². The maximum absolute atomic E-state index is 10.7. The van der Waals surface area contributed by atoms with Gasteiger partial charge in [0.25, 0.3) is 0 Å². The van der Waals surface area contributed by atoms with E-state index in [0.717, 1.165) is 25.7 Å². The van der Waals surface area contributed by atoms with Gasteiger partial charge in [-0.15, -0.1) is 0 Å². The van der Waals surface area contributed by atoms with Crippen LogP contribution in [0.5, 0.6) is 0 Å². The summed E-state index contributed by atoms with van der Waals surface area (Å²) in [5, 5.41) is 29.8. The highest BCUT2D eigenvalue weighted by Crippen LogP contribution is 2.57. The SMILES string of the molecule is CO[C@@]12CC[C@H](O)[C@@H](C=CC(O)C3CCCC3)[C@@H]1CC2=CCCC(=O)O. The lowest BCUT2D eigenvalue weighted by Crippen LogP contribution is -2.59. The zero-order valence-electron chi connectivity index (χ0n) is 15.6. The highest BCUT2D eigenvalue weighted by atomic mass is 16.5. The number of carboxylic acid groups (broad SMARTS) is 1. The zero-order valence-corrected chi connectivity index (χ0v) is 15.6. The van der Waals surface area contributed by atoms with Gasteiger partial charge in [0.1, 0.15) is 0 Å². The summed E-state index contributed by atoms with van der Waals surface area (Å²) in [6, 6.07) is 0. The Morgan fingerprint density at radius 3 is 2.73 bits per heavy atom. The number of aliphatic hydroxyl groups is 2. The number of fused-ring (bicyclic) bond motifs is 1. The van der Waals surface area contributed by atoms with E-state index in [9.17, 15) is 15.0 Å². The van der Waals surface area contributed by atoms with Crippen molar-refractivity contribution < 1.29 is 24.9 Å². The first-order valence-electron chi connectivity index (χ1n) is 9.99. The second kappa shape index (κ2) is 8.24. The molecule has 5 nitrogen and oxygen atoms in total. The molecular formula is C21H32O5. The number of methoxy groups -OCH3 is 1. The first kappa shape index (κ1) is 19.6. The molecule has 0 radical (unpaired) electrons. The van der Waals surface area contributed by atoms with Gasteiger partial charge in [0.05, 0.1) is 17.8 Å². The third kappa shape index (κ3) is 3.75. The van der Waals surface area contributed by atoms with Crippen molar-refractivity contribution in [3.05, 3.63) is 23.8 Å². The Hall–Kier alpha value is -1.17. The first-order chi connectivity index (χ1) is 12.5. The molecule has 5 heteroatoms. The van der Waals surface area contributed by atoms with E-state index in [2.05, 4.69) is 0 Å². The number of carboxylic acids is 1. The fraction of sp³-hybridized carbons (Fsp3) is 0.762. The number of aliphatic carboxylic acids is 1. The number of ether oxygens (including phenoxy) is 1. The molecule has 5 atom stereocenters. The van der Waals surface area contributed by atoms with Crippen molar-refractivity contribution in [2.75, 3.05) is 7.11 Å². The number of carbonyl (C=O) groups is 1. The van der Waals surface area contributed by atoms with Crippen LogP contribution in [0.25, 0.3) is 0 Å². The van der Waals surface area contributed by atoms with Gasteiger partial charge in [-0.05, 0) is 50.0 Å². The average Bonchev–Trinajstić information content (AvgIpc) is 3.13. The molecule has 0 aromatic rings. The Labute approximate surface area is 155 Å². The molecule has 3 fully saturated rings. The molecule has 0 bridgehead atoms. The molecule has 0 saturated heterocycles. The van der Waals surface area contributed by atoms with Crippen LogP contribution in [0.15, 0.2) is 23.8 Å². The molecule has 1 unspecified atom stereocenters. The molecular weight excluding hydrogens is 332 g/mol. The molecule has 3 N–H and O–H groups in total. The van der Waals surface area contributed by atoms with Crippen molar-refractivity contribution in [2.24, 2.45) is 17.8 Å². The summed E-state index contributed by atoms with van der Waals surface area (Å²) in [6.07, 6.45) is 12.6. The maximum atomic E-state index is 10.7. The Morgan fingerprint density at radius 2 is 2.08 bits per heavy atom. The van der Waals surface area contributed by atoms with E-state index in [1.54, 1.807) is 7.11 Å². The van der Waals surface area contributed by atoms with E-state index in [-0.39, 0.29) is 23.9 Å². The van der Waals surface area contributed by atoms with Gasteiger partial charge in [-0.25, -0.2) is 0 Å². The van der Waals surface area contributed by atoms with Crippen molar-refractivity contribution in [1.29, 1.82) is 0 Å². The maximum Gasteiger partial charge on any atom is 0.303 e. The average molecular weight is 364 g/mol. The Kier molecular flexibility index (Phi) is 6.21. The van der Waals surface area contributed by atoms with E-state index in [4.69, 9.17) is 9.84 Å². The van der Waals surface area contributed by atoms with Crippen molar-refractivity contribution in [3.63, 3.8) is 0 Å². The Balaban J connectivity index is 1.68. The summed E-state index contributed by atoms with van der Waals surface area (Å²) in [6.45, 7) is 0. The lowest BCUT2D eigenvalue weighted by atomic mass is 9.53. The molecule has 0 amide bonds. The summed E-state index contributed by atoms with van der Waals surface area (Å²) < 4.78 is 5.91. The predicted molar refractivity (Wildman–Crippen MR) is 98.6 cm³/mol. The van der Waals surface area contributed by atoms with Crippen molar-refractivity contribution in [1.82, 2.24) is 0 Å². The van der Waals surface area contributed by atoms with E-state index in [1.165, 1.54) is 18.4 Å². The van der Waals surface area contributed by atoms with Gasteiger partial charge >= 0.3 is 5.97 Å².